The Morgan fingerprint density at radius 2 is 1.09 bits per heavy atom. The molecule has 0 saturated carbocycles. The first-order chi connectivity index (χ1) is 10.6. The van der Waals surface area contributed by atoms with Crippen LogP contribution < -0.4 is 0 Å². The van der Waals surface area contributed by atoms with Gasteiger partial charge in [0.25, 0.3) is 0 Å². The van der Waals surface area contributed by atoms with Crippen molar-refractivity contribution in [3.8, 4) is 0 Å². The summed E-state index contributed by atoms with van der Waals surface area (Å²) >= 11 is 0. The second-order valence-corrected chi connectivity index (χ2v) is 6.59. The highest BCUT2D eigenvalue weighted by molar-refractivity contribution is 5.26. The largest absolute Gasteiger partial charge is 0.392 e. The van der Waals surface area contributed by atoms with Gasteiger partial charge in [-0.2, -0.15) is 0 Å². The number of nitrogens with zero attached hydrogens (tertiary/aromatic N) is 1. The lowest BCUT2D eigenvalue weighted by atomic mass is 9.74. The molecule has 1 fully saturated rings. The van der Waals surface area contributed by atoms with Crippen LogP contribution in [0.2, 0.25) is 0 Å². The molecular weight excluding hydrogens is 270 g/mol. The highest BCUT2D eigenvalue weighted by Gasteiger charge is 2.44. The number of aliphatic hydroxyl groups is 1. The lowest BCUT2D eigenvalue weighted by molar-refractivity contribution is -0.0748. The van der Waals surface area contributed by atoms with Crippen LogP contribution in [0.5, 0.6) is 0 Å². The van der Waals surface area contributed by atoms with E-state index in [4.69, 9.17) is 0 Å². The van der Waals surface area contributed by atoms with Crippen LogP contribution in [-0.2, 0) is 0 Å². The first-order valence-electron chi connectivity index (χ1n) is 8.11. The Kier molecular flexibility index (Phi) is 4.32. The molecule has 2 nitrogen and oxygen atoms in total. The summed E-state index contributed by atoms with van der Waals surface area (Å²) < 4.78 is 0. The van der Waals surface area contributed by atoms with Crippen molar-refractivity contribution in [2.45, 2.75) is 32.0 Å². The smallest absolute Gasteiger partial charge is 0.0627 e. The molecule has 0 radical (unpaired) electrons. The molecule has 0 aromatic heterocycles. The molecule has 0 bridgehead atoms. The van der Waals surface area contributed by atoms with Crippen LogP contribution in [-0.4, -0.2) is 23.2 Å². The molecule has 1 aliphatic heterocycles. The molecule has 0 spiro atoms. The Hall–Kier alpha value is -1.64. The number of piperidine rings is 1. The maximum absolute atomic E-state index is 10.8. The third-order valence-electron chi connectivity index (χ3n) is 5.23. The van der Waals surface area contributed by atoms with E-state index in [2.05, 4.69) is 74.3 Å². The van der Waals surface area contributed by atoms with Crippen molar-refractivity contribution in [2.24, 2.45) is 11.8 Å². The number of rotatable bonds is 2. The van der Waals surface area contributed by atoms with E-state index in [-0.39, 0.29) is 30.0 Å². The van der Waals surface area contributed by atoms with Crippen molar-refractivity contribution in [2.75, 3.05) is 7.05 Å². The molecule has 2 aromatic rings. The minimum absolute atomic E-state index is 0.211. The standard InChI is InChI=1S/C20H25NO/c1-14-18(16-10-6-4-7-11-16)21(3)19(15(2)20(14)22)17-12-8-5-9-13-17/h4-15,18-20,22H,1-3H3/t14-,15-,18-,19+,20?/m1/s1. The van der Waals surface area contributed by atoms with Crippen molar-refractivity contribution in [3.05, 3.63) is 71.8 Å². The molecule has 1 saturated heterocycles. The summed E-state index contributed by atoms with van der Waals surface area (Å²) in [6.45, 7) is 4.33. The van der Waals surface area contributed by atoms with E-state index < -0.39 is 0 Å². The van der Waals surface area contributed by atoms with Gasteiger partial charge in [0, 0.05) is 23.9 Å². The third kappa shape index (κ3) is 2.57. The molecular formula is C20H25NO. The van der Waals surface area contributed by atoms with E-state index in [1.54, 1.807) is 0 Å². The van der Waals surface area contributed by atoms with Crippen molar-refractivity contribution < 1.29 is 5.11 Å². The normalized spacial score (nSPS) is 32.8. The molecule has 2 heteroatoms. The molecule has 116 valence electrons. The van der Waals surface area contributed by atoms with Gasteiger partial charge in [0.1, 0.15) is 0 Å². The highest BCUT2D eigenvalue weighted by atomic mass is 16.3. The Morgan fingerprint density at radius 1 is 0.727 bits per heavy atom. The van der Waals surface area contributed by atoms with Gasteiger partial charge in [-0.15, -0.1) is 0 Å². The lowest BCUT2D eigenvalue weighted by Crippen LogP contribution is -2.49. The fourth-order valence-electron chi connectivity index (χ4n) is 4.15. The number of benzene rings is 2. The Labute approximate surface area is 133 Å². The van der Waals surface area contributed by atoms with Gasteiger partial charge in [-0.1, -0.05) is 74.5 Å². The van der Waals surface area contributed by atoms with Gasteiger partial charge in [0.05, 0.1) is 6.10 Å². The summed E-state index contributed by atoms with van der Waals surface area (Å²) in [5, 5.41) is 10.8. The molecule has 1 aliphatic rings. The van der Waals surface area contributed by atoms with Gasteiger partial charge in [-0.3, -0.25) is 4.90 Å². The summed E-state index contributed by atoms with van der Waals surface area (Å²) in [7, 11) is 2.19. The lowest BCUT2D eigenvalue weighted by Gasteiger charge is -2.50. The quantitative estimate of drug-likeness (QED) is 0.903. The molecule has 2 aromatic carbocycles. The van der Waals surface area contributed by atoms with E-state index in [0.717, 1.165) is 0 Å². The van der Waals surface area contributed by atoms with Crippen molar-refractivity contribution in [1.29, 1.82) is 0 Å². The summed E-state index contributed by atoms with van der Waals surface area (Å²) in [6.07, 6.45) is -0.299. The first-order valence-corrected chi connectivity index (χ1v) is 8.11. The number of hydrogen-bond acceptors (Lipinski definition) is 2. The SMILES string of the molecule is C[C@H]1C(O)[C@H](C)[C@H](c2ccccc2)N(C)[C@@H]1c1ccccc1. The molecule has 0 aliphatic carbocycles. The van der Waals surface area contributed by atoms with Gasteiger partial charge in [0.2, 0.25) is 0 Å². The summed E-state index contributed by atoms with van der Waals surface area (Å²) in [4.78, 5) is 2.44. The van der Waals surface area contributed by atoms with Crippen molar-refractivity contribution in [1.82, 2.24) is 4.90 Å². The minimum atomic E-state index is -0.299. The molecule has 5 atom stereocenters. The second-order valence-electron chi connectivity index (χ2n) is 6.59. The summed E-state index contributed by atoms with van der Waals surface area (Å²) in [5.41, 5.74) is 2.56. The van der Waals surface area contributed by atoms with Gasteiger partial charge in [-0.25, -0.2) is 0 Å². The fraction of sp³-hybridized carbons (Fsp3) is 0.400. The number of aliphatic hydroxyl groups excluding tert-OH is 1. The molecule has 0 amide bonds. The predicted octanol–water partition coefficient (Wildman–Crippen LogP) is 4.05. The minimum Gasteiger partial charge on any atom is -0.392 e. The van der Waals surface area contributed by atoms with Crippen LogP contribution in [0, 0.1) is 11.8 Å². The predicted molar refractivity (Wildman–Crippen MR) is 90.5 cm³/mol. The third-order valence-corrected chi connectivity index (χ3v) is 5.23. The van der Waals surface area contributed by atoms with Gasteiger partial charge >= 0.3 is 0 Å². The van der Waals surface area contributed by atoms with Crippen LogP contribution in [0.1, 0.15) is 37.1 Å². The van der Waals surface area contributed by atoms with Crippen LogP contribution in [0.3, 0.4) is 0 Å². The molecule has 22 heavy (non-hydrogen) atoms. The van der Waals surface area contributed by atoms with Crippen LogP contribution >= 0.6 is 0 Å². The van der Waals surface area contributed by atoms with Gasteiger partial charge in [0.15, 0.2) is 0 Å². The maximum Gasteiger partial charge on any atom is 0.0627 e. The van der Waals surface area contributed by atoms with Crippen LogP contribution in [0.25, 0.3) is 0 Å². The van der Waals surface area contributed by atoms with Crippen LogP contribution in [0.15, 0.2) is 60.7 Å². The van der Waals surface area contributed by atoms with Crippen molar-refractivity contribution in [3.63, 3.8) is 0 Å². The number of hydrogen-bond donors (Lipinski definition) is 1. The van der Waals surface area contributed by atoms with E-state index in [9.17, 15) is 5.11 Å². The fourth-order valence-corrected chi connectivity index (χ4v) is 4.15. The Balaban J connectivity index is 2.01. The van der Waals surface area contributed by atoms with E-state index in [1.165, 1.54) is 11.1 Å². The molecule has 1 unspecified atom stereocenters. The zero-order valence-corrected chi connectivity index (χ0v) is 13.6. The highest BCUT2D eigenvalue weighted by Crippen LogP contribution is 2.46. The molecule has 1 N–H and O–H groups in total. The zero-order valence-electron chi connectivity index (χ0n) is 13.6. The van der Waals surface area contributed by atoms with E-state index in [0.29, 0.717) is 0 Å². The van der Waals surface area contributed by atoms with Crippen molar-refractivity contribution >= 4 is 0 Å². The van der Waals surface area contributed by atoms with Gasteiger partial charge in [-0.05, 0) is 18.2 Å². The molecule has 1 heterocycles. The number of likely N-dealkylation sites (tertiary alicyclic amines) is 1. The van der Waals surface area contributed by atoms with Gasteiger partial charge < -0.3 is 5.11 Å². The average molecular weight is 295 g/mol. The summed E-state index contributed by atoms with van der Waals surface area (Å²) in [6, 6.07) is 21.6. The second kappa shape index (κ2) is 6.23. The zero-order chi connectivity index (χ0) is 15.7. The van der Waals surface area contributed by atoms with E-state index in [1.807, 2.05) is 12.1 Å². The topological polar surface area (TPSA) is 23.5 Å². The Morgan fingerprint density at radius 3 is 1.45 bits per heavy atom. The average Bonchev–Trinajstić information content (AvgIpc) is 2.55. The summed E-state index contributed by atoms with van der Waals surface area (Å²) in [5.74, 6) is 0.421. The molecule has 3 rings (SSSR count). The Bertz CT molecular complexity index is 544. The van der Waals surface area contributed by atoms with Crippen LogP contribution in [0.4, 0.5) is 0 Å². The van der Waals surface area contributed by atoms with E-state index >= 15 is 0 Å². The maximum atomic E-state index is 10.8. The first kappa shape index (κ1) is 15.3. The monoisotopic (exact) mass is 295 g/mol.